The quantitative estimate of drug-likeness (QED) is 0.426. The minimum absolute atomic E-state index is 0.272. The van der Waals surface area contributed by atoms with Crippen LogP contribution in [-0.2, 0) is 13.0 Å². The maximum atomic E-state index is 5.95. The number of likely N-dealkylation sites (N-methyl/N-ethyl adjacent to an activating group) is 1. The molecule has 0 N–H and O–H groups in total. The van der Waals surface area contributed by atoms with E-state index in [1.807, 2.05) is 0 Å². The summed E-state index contributed by atoms with van der Waals surface area (Å²) in [5.74, 6) is 0. The van der Waals surface area contributed by atoms with E-state index in [-0.39, 0.29) is 5.72 Å². The lowest BCUT2D eigenvalue weighted by atomic mass is 10.1. The summed E-state index contributed by atoms with van der Waals surface area (Å²) >= 11 is 5.95. The fraction of sp³-hybridized carbons (Fsp3) is 0.500. The van der Waals surface area contributed by atoms with Crippen LogP contribution in [0.2, 0.25) is 5.15 Å². The molecule has 0 amide bonds. The highest BCUT2D eigenvalue weighted by Crippen LogP contribution is 2.20. The Balaban J connectivity index is 2.47. The molecule has 0 bridgehead atoms. The van der Waals surface area contributed by atoms with Crippen molar-refractivity contribution in [1.29, 1.82) is 0 Å². The maximum Gasteiger partial charge on any atom is 0.170 e. The highest BCUT2D eigenvalue weighted by molar-refractivity contribution is 6.33. The van der Waals surface area contributed by atoms with Crippen LogP contribution in [0, 0.1) is 0 Å². The first-order chi connectivity index (χ1) is 6.16. The fourth-order valence-corrected chi connectivity index (χ4v) is 1.78. The summed E-state index contributed by atoms with van der Waals surface area (Å²) in [6.45, 7) is 1.81. The third kappa shape index (κ3) is 1.69. The Labute approximate surface area is 83.5 Å². The van der Waals surface area contributed by atoms with Gasteiger partial charge in [0.15, 0.2) is 7.85 Å². The first kappa shape index (κ1) is 8.97. The van der Waals surface area contributed by atoms with Gasteiger partial charge in [0.1, 0.15) is 5.15 Å². The van der Waals surface area contributed by atoms with Gasteiger partial charge in [-0.05, 0) is 7.05 Å². The van der Waals surface area contributed by atoms with E-state index >= 15 is 0 Å². The normalized spacial score (nSPS) is 17.1. The number of fused-ring (bicyclic) bond motifs is 1. The number of aromatic nitrogens is 2. The first-order valence-corrected chi connectivity index (χ1v) is 4.54. The molecule has 0 saturated heterocycles. The Bertz CT molecular complexity index is 342. The molecule has 0 unspecified atom stereocenters. The van der Waals surface area contributed by atoms with E-state index < -0.39 is 0 Å². The third-order valence-electron chi connectivity index (χ3n) is 2.22. The summed E-state index contributed by atoms with van der Waals surface area (Å²) in [6, 6.07) is 0. The average molecular weight is 193 g/mol. The first-order valence-electron chi connectivity index (χ1n) is 4.16. The topological polar surface area (TPSA) is 29.0 Å². The van der Waals surface area contributed by atoms with Crippen molar-refractivity contribution in [1.82, 2.24) is 14.9 Å². The smallest absolute Gasteiger partial charge is 0.170 e. The molecular weight excluding hydrogens is 184 g/mol. The third-order valence-corrected chi connectivity index (χ3v) is 2.53. The monoisotopic (exact) mass is 193 g/mol. The molecule has 0 atom stereocenters. The van der Waals surface area contributed by atoms with Crippen LogP contribution in [0.25, 0.3) is 0 Å². The van der Waals surface area contributed by atoms with Crippen molar-refractivity contribution in [2.24, 2.45) is 0 Å². The van der Waals surface area contributed by atoms with Crippen molar-refractivity contribution in [3.8, 4) is 0 Å². The Morgan fingerprint density at radius 2 is 2.23 bits per heavy atom. The second-order valence-electron chi connectivity index (χ2n) is 3.29. The van der Waals surface area contributed by atoms with E-state index in [9.17, 15) is 0 Å². The Hall–Kier alpha value is -0.605. The molecule has 2 heterocycles. The summed E-state index contributed by atoms with van der Waals surface area (Å²) in [5, 5.41) is 0.494. The molecule has 2 rings (SSSR count). The van der Waals surface area contributed by atoms with Gasteiger partial charge in [0.25, 0.3) is 0 Å². The molecule has 0 saturated carbocycles. The molecule has 0 fully saturated rings. The zero-order chi connectivity index (χ0) is 9.42. The lowest BCUT2D eigenvalue weighted by Gasteiger charge is -2.24. The largest absolute Gasteiger partial charge is 0.302 e. The van der Waals surface area contributed by atoms with Crippen LogP contribution in [0.4, 0.5) is 0 Å². The SMILES string of the molecule is [B]c1nc(Cl)c2c(n1)CCN(C)C2. The Morgan fingerprint density at radius 3 is 3.00 bits per heavy atom. The van der Waals surface area contributed by atoms with Gasteiger partial charge in [-0.2, -0.15) is 0 Å². The second kappa shape index (κ2) is 3.27. The second-order valence-corrected chi connectivity index (χ2v) is 3.64. The summed E-state index contributed by atoms with van der Waals surface area (Å²) in [7, 11) is 7.55. The molecule has 0 spiro atoms. The number of halogens is 1. The van der Waals surface area contributed by atoms with Crippen LogP contribution < -0.4 is 5.72 Å². The van der Waals surface area contributed by atoms with E-state index in [2.05, 4.69) is 21.9 Å². The van der Waals surface area contributed by atoms with Crippen LogP contribution in [0.15, 0.2) is 0 Å². The highest BCUT2D eigenvalue weighted by Gasteiger charge is 2.18. The Morgan fingerprint density at radius 1 is 1.46 bits per heavy atom. The van der Waals surface area contributed by atoms with Crippen molar-refractivity contribution in [3.63, 3.8) is 0 Å². The van der Waals surface area contributed by atoms with E-state index in [1.54, 1.807) is 0 Å². The molecule has 1 aliphatic heterocycles. The van der Waals surface area contributed by atoms with E-state index in [0.29, 0.717) is 5.15 Å². The Kier molecular flexibility index (Phi) is 2.26. The molecule has 66 valence electrons. The van der Waals surface area contributed by atoms with E-state index in [1.165, 1.54) is 0 Å². The number of nitrogens with zero attached hydrogens (tertiary/aromatic N) is 3. The minimum atomic E-state index is 0.272. The molecule has 3 nitrogen and oxygen atoms in total. The molecule has 13 heavy (non-hydrogen) atoms. The van der Waals surface area contributed by atoms with Gasteiger partial charge >= 0.3 is 0 Å². The van der Waals surface area contributed by atoms with Crippen LogP contribution in [0.5, 0.6) is 0 Å². The summed E-state index contributed by atoms with van der Waals surface area (Å²) < 4.78 is 0. The summed E-state index contributed by atoms with van der Waals surface area (Å²) in [4.78, 5) is 10.3. The lowest BCUT2D eigenvalue weighted by Crippen LogP contribution is -2.30. The maximum absolute atomic E-state index is 5.95. The van der Waals surface area contributed by atoms with Gasteiger partial charge in [-0.3, -0.25) is 0 Å². The van der Waals surface area contributed by atoms with Crippen molar-refractivity contribution in [3.05, 3.63) is 16.4 Å². The minimum Gasteiger partial charge on any atom is -0.302 e. The van der Waals surface area contributed by atoms with Gasteiger partial charge in [0.2, 0.25) is 0 Å². The number of hydrogen-bond acceptors (Lipinski definition) is 3. The van der Waals surface area contributed by atoms with Crippen molar-refractivity contribution >= 4 is 25.2 Å². The number of hydrogen-bond donors (Lipinski definition) is 0. The van der Waals surface area contributed by atoms with E-state index in [0.717, 1.165) is 30.8 Å². The standard InChI is InChI=1S/C8H9BClN3/c1-13-3-2-6-5(4-13)7(10)12-8(9)11-6/h2-4H2,1H3. The molecule has 5 heteroatoms. The van der Waals surface area contributed by atoms with Crippen LogP contribution in [-0.4, -0.2) is 36.3 Å². The fourth-order valence-electron chi connectivity index (χ4n) is 1.53. The highest BCUT2D eigenvalue weighted by atomic mass is 35.5. The van der Waals surface area contributed by atoms with Crippen molar-refractivity contribution < 1.29 is 0 Å². The molecule has 0 aromatic carbocycles. The van der Waals surface area contributed by atoms with Gasteiger partial charge in [-0.1, -0.05) is 11.6 Å². The molecule has 1 aliphatic rings. The molecule has 0 aliphatic carbocycles. The van der Waals surface area contributed by atoms with Gasteiger partial charge in [0, 0.05) is 25.1 Å². The molecular formula is C8H9BClN3. The zero-order valence-electron chi connectivity index (χ0n) is 7.42. The predicted molar refractivity (Wildman–Crippen MR) is 52.5 cm³/mol. The summed E-state index contributed by atoms with van der Waals surface area (Å²) in [5.41, 5.74) is 2.29. The zero-order valence-corrected chi connectivity index (χ0v) is 8.17. The average Bonchev–Trinajstić information content (AvgIpc) is 2.06. The molecule has 2 radical (unpaired) electrons. The van der Waals surface area contributed by atoms with Crippen molar-refractivity contribution in [2.45, 2.75) is 13.0 Å². The lowest BCUT2D eigenvalue weighted by molar-refractivity contribution is 0.309. The van der Waals surface area contributed by atoms with Crippen LogP contribution in [0.3, 0.4) is 0 Å². The van der Waals surface area contributed by atoms with Crippen molar-refractivity contribution in [2.75, 3.05) is 13.6 Å². The van der Waals surface area contributed by atoms with Gasteiger partial charge in [-0.15, -0.1) is 0 Å². The summed E-state index contributed by atoms with van der Waals surface area (Å²) in [6.07, 6.45) is 0.901. The number of rotatable bonds is 0. The van der Waals surface area contributed by atoms with Gasteiger partial charge < -0.3 is 4.90 Å². The van der Waals surface area contributed by atoms with Crippen LogP contribution >= 0.6 is 11.6 Å². The predicted octanol–water partition coefficient (Wildman–Crippen LogP) is -0.0883. The molecule has 1 aromatic heterocycles. The molecule has 1 aromatic rings. The van der Waals surface area contributed by atoms with Crippen LogP contribution in [0.1, 0.15) is 11.3 Å². The van der Waals surface area contributed by atoms with Gasteiger partial charge in [-0.25, -0.2) is 9.97 Å². The van der Waals surface area contributed by atoms with Gasteiger partial charge in [0.05, 0.1) is 11.4 Å². The van der Waals surface area contributed by atoms with E-state index in [4.69, 9.17) is 19.4 Å².